The summed E-state index contributed by atoms with van der Waals surface area (Å²) in [4.78, 5) is 20.5. The third-order valence-corrected chi connectivity index (χ3v) is 5.15. The molecule has 1 aromatic carbocycles. The van der Waals surface area contributed by atoms with Gasteiger partial charge < -0.3 is 14.6 Å². The maximum atomic E-state index is 12.1. The van der Waals surface area contributed by atoms with Crippen LogP contribution in [0.4, 0.5) is 4.79 Å². The van der Waals surface area contributed by atoms with Gasteiger partial charge in [0.2, 0.25) is 0 Å². The van der Waals surface area contributed by atoms with Gasteiger partial charge in [-0.15, -0.1) is 12.4 Å². The van der Waals surface area contributed by atoms with Crippen LogP contribution in [0.1, 0.15) is 19.1 Å². The van der Waals surface area contributed by atoms with Crippen molar-refractivity contribution in [2.45, 2.75) is 19.9 Å². The number of urea groups is 1. The number of halogens is 1. The molecule has 1 aliphatic rings. The highest BCUT2D eigenvalue weighted by Crippen LogP contribution is 2.27. The number of nitrogens with one attached hydrogen (secondary N) is 1. The average Bonchev–Trinajstić information content (AvgIpc) is 2.97. The quantitative estimate of drug-likeness (QED) is 0.696. The molecule has 1 aliphatic heterocycles. The molecule has 1 fully saturated rings. The minimum atomic E-state index is 0. The summed E-state index contributed by atoms with van der Waals surface area (Å²) in [6, 6.07) is 12.4. The van der Waals surface area contributed by atoms with E-state index < -0.39 is 0 Å². The van der Waals surface area contributed by atoms with Crippen molar-refractivity contribution in [1.29, 1.82) is 0 Å². The molecule has 0 spiro atoms. The molecule has 0 unspecified atom stereocenters. The third kappa shape index (κ3) is 5.08. The zero-order valence-corrected chi connectivity index (χ0v) is 17.5. The zero-order valence-electron chi connectivity index (χ0n) is 16.6. The fourth-order valence-corrected chi connectivity index (χ4v) is 3.70. The molecule has 0 bridgehead atoms. The van der Waals surface area contributed by atoms with E-state index in [0.29, 0.717) is 6.54 Å². The molecular formula is C22H27ClN4O2. The van der Waals surface area contributed by atoms with Gasteiger partial charge in [0.15, 0.2) is 0 Å². The molecule has 0 aliphatic carbocycles. The van der Waals surface area contributed by atoms with Gasteiger partial charge in [-0.1, -0.05) is 12.1 Å². The van der Waals surface area contributed by atoms with Gasteiger partial charge in [-0.2, -0.15) is 0 Å². The Morgan fingerprint density at radius 2 is 2.03 bits per heavy atom. The normalized spacial score (nSPS) is 15.0. The Kier molecular flexibility index (Phi) is 7.12. The number of fused-ring (bicyclic) bond motifs is 1. The number of furan rings is 1. The van der Waals surface area contributed by atoms with Crippen LogP contribution in [0.3, 0.4) is 0 Å². The van der Waals surface area contributed by atoms with Gasteiger partial charge in [-0.25, -0.2) is 4.79 Å². The SMILES string of the molecule is CCNC(=O)N1CCCN(Cc2cc3cc(-c4cccnc4)ccc3o2)CC1.Cl. The van der Waals surface area contributed by atoms with E-state index in [2.05, 4.69) is 39.5 Å². The molecule has 1 N–H and O–H groups in total. The van der Waals surface area contributed by atoms with Crippen LogP contribution in [0.5, 0.6) is 0 Å². The van der Waals surface area contributed by atoms with Crippen molar-refractivity contribution in [2.75, 3.05) is 32.7 Å². The lowest BCUT2D eigenvalue weighted by Crippen LogP contribution is -2.41. The second-order valence-corrected chi connectivity index (χ2v) is 7.16. The molecule has 7 heteroatoms. The van der Waals surface area contributed by atoms with Crippen LogP contribution in [0.15, 0.2) is 53.2 Å². The summed E-state index contributed by atoms with van der Waals surface area (Å²) in [5.74, 6) is 0.963. The number of benzene rings is 1. The maximum absolute atomic E-state index is 12.1. The number of aromatic nitrogens is 1. The molecule has 3 aromatic rings. The average molecular weight is 415 g/mol. The Bertz CT molecular complexity index is 944. The predicted octanol–water partition coefficient (Wildman–Crippen LogP) is 4.15. The Hall–Kier alpha value is -2.57. The van der Waals surface area contributed by atoms with Crippen LogP contribution in [-0.4, -0.2) is 53.5 Å². The fourth-order valence-electron chi connectivity index (χ4n) is 3.70. The lowest BCUT2D eigenvalue weighted by atomic mass is 10.1. The summed E-state index contributed by atoms with van der Waals surface area (Å²) in [5.41, 5.74) is 3.15. The first-order valence-corrected chi connectivity index (χ1v) is 9.91. The second kappa shape index (κ2) is 9.76. The van der Waals surface area contributed by atoms with Gasteiger partial charge in [0.25, 0.3) is 0 Å². The first-order valence-electron chi connectivity index (χ1n) is 9.91. The standard InChI is InChI=1S/C22H26N4O2.ClH/c1-2-24-22(27)26-10-4-9-25(11-12-26)16-20-14-19-13-17(6-7-21(19)28-20)18-5-3-8-23-15-18;/h3,5-8,13-15H,2,4,9-12,16H2,1H3,(H,24,27);1H. The number of carbonyl (C=O) groups excluding carboxylic acids is 1. The zero-order chi connectivity index (χ0) is 19.3. The number of nitrogens with zero attached hydrogens (tertiary/aromatic N) is 3. The molecule has 154 valence electrons. The Morgan fingerprint density at radius 3 is 2.83 bits per heavy atom. The van der Waals surface area contributed by atoms with Gasteiger partial charge in [0.1, 0.15) is 11.3 Å². The maximum Gasteiger partial charge on any atom is 0.317 e. The Balaban J connectivity index is 0.00000240. The van der Waals surface area contributed by atoms with Crippen molar-refractivity contribution in [3.8, 4) is 11.1 Å². The largest absolute Gasteiger partial charge is 0.460 e. The molecule has 0 radical (unpaired) electrons. The van der Waals surface area contributed by atoms with E-state index in [-0.39, 0.29) is 18.4 Å². The first-order chi connectivity index (χ1) is 13.7. The molecule has 2 amide bonds. The fraction of sp³-hybridized carbons (Fsp3) is 0.364. The number of amides is 2. The molecular weight excluding hydrogens is 388 g/mol. The van der Waals surface area contributed by atoms with Gasteiger partial charge in [0, 0.05) is 56.1 Å². The summed E-state index contributed by atoms with van der Waals surface area (Å²) in [6.07, 6.45) is 4.63. The molecule has 2 aromatic heterocycles. The first kappa shape index (κ1) is 21.1. The lowest BCUT2D eigenvalue weighted by molar-refractivity contribution is 0.197. The highest BCUT2D eigenvalue weighted by Gasteiger charge is 2.19. The number of hydrogen-bond acceptors (Lipinski definition) is 4. The number of pyridine rings is 1. The van der Waals surface area contributed by atoms with Gasteiger partial charge >= 0.3 is 6.03 Å². The van der Waals surface area contributed by atoms with Gasteiger partial charge in [-0.05, 0) is 43.2 Å². The molecule has 0 saturated carbocycles. The van der Waals surface area contributed by atoms with Crippen molar-refractivity contribution in [1.82, 2.24) is 20.1 Å². The van der Waals surface area contributed by atoms with Crippen LogP contribution in [-0.2, 0) is 6.54 Å². The van der Waals surface area contributed by atoms with Crippen molar-refractivity contribution in [3.63, 3.8) is 0 Å². The summed E-state index contributed by atoms with van der Waals surface area (Å²) in [6.45, 7) is 6.75. The van der Waals surface area contributed by atoms with Crippen LogP contribution in [0.25, 0.3) is 22.1 Å². The lowest BCUT2D eigenvalue weighted by Gasteiger charge is -2.21. The Morgan fingerprint density at radius 1 is 1.14 bits per heavy atom. The van der Waals surface area contributed by atoms with E-state index in [9.17, 15) is 4.79 Å². The van der Waals surface area contributed by atoms with E-state index in [4.69, 9.17) is 4.42 Å². The monoisotopic (exact) mass is 414 g/mol. The van der Waals surface area contributed by atoms with E-state index in [0.717, 1.165) is 67.0 Å². The molecule has 6 nitrogen and oxygen atoms in total. The van der Waals surface area contributed by atoms with Gasteiger partial charge in [0.05, 0.1) is 6.54 Å². The van der Waals surface area contributed by atoms with Crippen LogP contribution >= 0.6 is 12.4 Å². The van der Waals surface area contributed by atoms with Crippen molar-refractivity contribution < 1.29 is 9.21 Å². The molecule has 1 saturated heterocycles. The van der Waals surface area contributed by atoms with Gasteiger partial charge in [-0.3, -0.25) is 9.88 Å². The summed E-state index contributed by atoms with van der Waals surface area (Å²) in [5, 5.41) is 4.00. The van der Waals surface area contributed by atoms with E-state index in [1.807, 2.05) is 30.2 Å². The summed E-state index contributed by atoms with van der Waals surface area (Å²) >= 11 is 0. The smallest absolute Gasteiger partial charge is 0.317 e. The highest BCUT2D eigenvalue weighted by atomic mass is 35.5. The topological polar surface area (TPSA) is 61.6 Å². The van der Waals surface area contributed by atoms with Crippen molar-refractivity contribution >= 4 is 29.4 Å². The van der Waals surface area contributed by atoms with Crippen molar-refractivity contribution in [3.05, 3.63) is 54.6 Å². The van der Waals surface area contributed by atoms with Crippen LogP contribution < -0.4 is 5.32 Å². The minimum Gasteiger partial charge on any atom is -0.460 e. The highest BCUT2D eigenvalue weighted by molar-refractivity contribution is 5.85. The number of hydrogen-bond donors (Lipinski definition) is 1. The minimum absolute atomic E-state index is 0. The molecule has 3 heterocycles. The van der Waals surface area contributed by atoms with Crippen LogP contribution in [0.2, 0.25) is 0 Å². The molecule has 4 rings (SSSR count). The van der Waals surface area contributed by atoms with Crippen molar-refractivity contribution in [2.24, 2.45) is 0 Å². The summed E-state index contributed by atoms with van der Waals surface area (Å²) in [7, 11) is 0. The molecule has 29 heavy (non-hydrogen) atoms. The number of rotatable bonds is 4. The third-order valence-electron chi connectivity index (χ3n) is 5.15. The number of carbonyl (C=O) groups is 1. The van der Waals surface area contributed by atoms with E-state index in [1.165, 1.54) is 0 Å². The summed E-state index contributed by atoms with van der Waals surface area (Å²) < 4.78 is 6.07. The molecule has 0 atom stereocenters. The van der Waals surface area contributed by atoms with E-state index >= 15 is 0 Å². The van der Waals surface area contributed by atoms with E-state index in [1.54, 1.807) is 6.20 Å². The predicted molar refractivity (Wildman–Crippen MR) is 117 cm³/mol. The Labute approximate surface area is 177 Å². The second-order valence-electron chi connectivity index (χ2n) is 7.16. The van der Waals surface area contributed by atoms with Crippen LogP contribution in [0, 0.1) is 0 Å².